The van der Waals surface area contributed by atoms with Crippen LogP contribution in [-0.2, 0) is 7.05 Å². The molecule has 1 aliphatic heterocycles. The Balaban J connectivity index is 1.55. The third-order valence-corrected chi connectivity index (χ3v) is 4.30. The fraction of sp³-hybridized carbons (Fsp3) is 0.158. The molecule has 1 amide bonds. The number of aromatic nitrogens is 2. The predicted octanol–water partition coefficient (Wildman–Crippen LogP) is 3.76. The molecular weight excluding hydrogens is 354 g/mol. The van der Waals surface area contributed by atoms with Crippen molar-refractivity contribution in [3.05, 3.63) is 59.2 Å². The normalized spacial score (nSPS) is 12.7. The highest BCUT2D eigenvalue weighted by molar-refractivity contribution is 6.30. The van der Waals surface area contributed by atoms with E-state index in [0.29, 0.717) is 41.1 Å². The van der Waals surface area contributed by atoms with Gasteiger partial charge >= 0.3 is 0 Å². The van der Waals surface area contributed by atoms with Crippen LogP contribution in [0.1, 0.15) is 10.5 Å². The van der Waals surface area contributed by atoms with E-state index < -0.39 is 0 Å². The maximum atomic E-state index is 12.6. The molecule has 0 spiro atoms. The Labute approximate surface area is 155 Å². The number of nitrogens with one attached hydrogen (secondary N) is 1. The van der Waals surface area contributed by atoms with Crippen LogP contribution in [0.3, 0.4) is 0 Å². The Kier molecular flexibility index (Phi) is 4.26. The first-order valence-electron chi connectivity index (χ1n) is 8.11. The minimum atomic E-state index is -0.294. The second kappa shape index (κ2) is 6.72. The van der Waals surface area contributed by atoms with Gasteiger partial charge in [0.05, 0.1) is 5.69 Å². The highest BCUT2D eigenvalue weighted by atomic mass is 35.5. The van der Waals surface area contributed by atoms with Gasteiger partial charge in [-0.15, -0.1) is 0 Å². The van der Waals surface area contributed by atoms with Gasteiger partial charge in [-0.25, -0.2) is 0 Å². The maximum absolute atomic E-state index is 12.6. The minimum Gasteiger partial charge on any atom is -0.486 e. The van der Waals surface area contributed by atoms with E-state index in [9.17, 15) is 4.79 Å². The molecule has 0 bridgehead atoms. The Hall–Kier alpha value is -2.99. The van der Waals surface area contributed by atoms with Gasteiger partial charge in [-0.3, -0.25) is 9.48 Å². The predicted molar refractivity (Wildman–Crippen MR) is 99.0 cm³/mol. The van der Waals surface area contributed by atoms with Crippen LogP contribution in [0.2, 0.25) is 5.02 Å². The van der Waals surface area contributed by atoms with Crippen molar-refractivity contribution in [2.75, 3.05) is 18.5 Å². The number of anilines is 1. The lowest BCUT2D eigenvalue weighted by molar-refractivity contribution is 0.102. The van der Waals surface area contributed by atoms with Gasteiger partial charge in [0.25, 0.3) is 5.91 Å². The van der Waals surface area contributed by atoms with Crippen LogP contribution in [-0.4, -0.2) is 28.9 Å². The van der Waals surface area contributed by atoms with E-state index in [-0.39, 0.29) is 5.91 Å². The van der Waals surface area contributed by atoms with Crippen LogP contribution in [0.15, 0.2) is 48.5 Å². The molecule has 0 saturated carbocycles. The summed E-state index contributed by atoms with van der Waals surface area (Å²) in [5.41, 5.74) is 2.71. The number of fused-ring (bicyclic) bond motifs is 1. The van der Waals surface area contributed by atoms with Crippen LogP contribution >= 0.6 is 11.6 Å². The fourth-order valence-electron chi connectivity index (χ4n) is 2.79. The number of carbonyl (C=O) groups excluding carboxylic acids is 1. The smallest absolute Gasteiger partial charge is 0.276 e. The van der Waals surface area contributed by atoms with Crippen molar-refractivity contribution in [1.29, 1.82) is 0 Å². The van der Waals surface area contributed by atoms with Gasteiger partial charge in [0.1, 0.15) is 13.2 Å². The van der Waals surface area contributed by atoms with Gasteiger partial charge in [0, 0.05) is 23.8 Å². The molecule has 2 heterocycles. The number of nitrogens with zero attached hydrogens (tertiary/aromatic N) is 2. The average Bonchev–Trinajstić information content (AvgIpc) is 3.04. The van der Waals surface area contributed by atoms with E-state index >= 15 is 0 Å². The SMILES string of the molecule is Cn1nc(C(=O)Nc2ccc3c(c2)OCCO3)cc1-c1ccc(Cl)cc1. The number of aryl methyl sites for hydroxylation is 1. The highest BCUT2D eigenvalue weighted by Gasteiger charge is 2.16. The third kappa shape index (κ3) is 3.23. The number of carbonyl (C=O) groups is 1. The van der Waals surface area contributed by atoms with E-state index in [1.165, 1.54) is 0 Å². The molecule has 0 unspecified atom stereocenters. The first-order chi connectivity index (χ1) is 12.6. The zero-order valence-corrected chi connectivity index (χ0v) is 14.8. The first-order valence-corrected chi connectivity index (χ1v) is 8.49. The molecule has 7 heteroatoms. The lowest BCUT2D eigenvalue weighted by Gasteiger charge is -2.18. The molecule has 3 aromatic rings. The molecule has 6 nitrogen and oxygen atoms in total. The van der Waals surface area contributed by atoms with E-state index in [4.69, 9.17) is 21.1 Å². The number of ether oxygens (including phenoxy) is 2. The molecule has 0 saturated heterocycles. The summed E-state index contributed by atoms with van der Waals surface area (Å²) in [6.45, 7) is 1.02. The topological polar surface area (TPSA) is 65.4 Å². The summed E-state index contributed by atoms with van der Waals surface area (Å²) >= 11 is 5.93. The minimum absolute atomic E-state index is 0.294. The second-order valence-corrected chi connectivity index (χ2v) is 6.29. The summed E-state index contributed by atoms with van der Waals surface area (Å²) in [4.78, 5) is 12.6. The van der Waals surface area contributed by atoms with E-state index in [1.807, 2.05) is 12.1 Å². The van der Waals surface area contributed by atoms with Crippen molar-refractivity contribution in [3.63, 3.8) is 0 Å². The molecule has 1 N–H and O–H groups in total. The molecule has 0 aliphatic carbocycles. The van der Waals surface area contributed by atoms with E-state index in [0.717, 1.165) is 11.3 Å². The Morgan fingerprint density at radius 3 is 2.58 bits per heavy atom. The van der Waals surface area contributed by atoms with Crippen molar-refractivity contribution in [2.24, 2.45) is 7.05 Å². The number of amides is 1. The lowest BCUT2D eigenvalue weighted by Crippen LogP contribution is -2.16. The quantitative estimate of drug-likeness (QED) is 0.763. The lowest BCUT2D eigenvalue weighted by atomic mass is 10.1. The Morgan fingerprint density at radius 1 is 1.08 bits per heavy atom. The van der Waals surface area contributed by atoms with Crippen LogP contribution in [0.25, 0.3) is 11.3 Å². The average molecular weight is 370 g/mol. The maximum Gasteiger partial charge on any atom is 0.276 e. The van der Waals surface area contributed by atoms with Crippen molar-refractivity contribution in [3.8, 4) is 22.8 Å². The van der Waals surface area contributed by atoms with Gasteiger partial charge in [-0.2, -0.15) is 5.10 Å². The molecule has 132 valence electrons. The molecule has 1 aromatic heterocycles. The third-order valence-electron chi connectivity index (χ3n) is 4.05. The van der Waals surface area contributed by atoms with Gasteiger partial charge in [0.15, 0.2) is 17.2 Å². The zero-order chi connectivity index (χ0) is 18.1. The van der Waals surface area contributed by atoms with Crippen LogP contribution in [0.4, 0.5) is 5.69 Å². The number of halogens is 1. The number of hydrogen-bond acceptors (Lipinski definition) is 4. The summed E-state index contributed by atoms with van der Waals surface area (Å²) in [5, 5.41) is 7.81. The van der Waals surface area contributed by atoms with Gasteiger partial charge in [0.2, 0.25) is 0 Å². The van der Waals surface area contributed by atoms with Gasteiger partial charge < -0.3 is 14.8 Å². The van der Waals surface area contributed by atoms with E-state index in [2.05, 4.69) is 10.4 Å². The van der Waals surface area contributed by atoms with Crippen molar-refractivity contribution in [2.45, 2.75) is 0 Å². The van der Waals surface area contributed by atoms with Crippen molar-refractivity contribution >= 4 is 23.2 Å². The van der Waals surface area contributed by atoms with Gasteiger partial charge in [-0.1, -0.05) is 23.7 Å². The van der Waals surface area contributed by atoms with Crippen LogP contribution in [0, 0.1) is 0 Å². The molecule has 4 rings (SSSR count). The van der Waals surface area contributed by atoms with Crippen molar-refractivity contribution in [1.82, 2.24) is 9.78 Å². The monoisotopic (exact) mass is 369 g/mol. The van der Waals surface area contributed by atoms with Crippen LogP contribution < -0.4 is 14.8 Å². The molecule has 0 atom stereocenters. The highest BCUT2D eigenvalue weighted by Crippen LogP contribution is 2.32. The second-order valence-electron chi connectivity index (χ2n) is 5.86. The fourth-order valence-corrected chi connectivity index (χ4v) is 2.91. The number of rotatable bonds is 3. The summed E-state index contributed by atoms with van der Waals surface area (Å²) in [6.07, 6.45) is 0. The molecule has 0 fully saturated rings. The number of benzene rings is 2. The summed E-state index contributed by atoms with van der Waals surface area (Å²) in [6, 6.07) is 14.4. The Morgan fingerprint density at radius 2 is 1.81 bits per heavy atom. The summed E-state index contributed by atoms with van der Waals surface area (Å²) in [7, 11) is 1.80. The first kappa shape index (κ1) is 16.5. The molecule has 0 radical (unpaired) electrons. The molecular formula is C19H16ClN3O3. The van der Waals surface area contributed by atoms with E-state index in [1.54, 1.807) is 48.1 Å². The molecule has 1 aliphatic rings. The van der Waals surface area contributed by atoms with Gasteiger partial charge in [-0.05, 0) is 35.9 Å². The molecule has 26 heavy (non-hydrogen) atoms. The standard InChI is InChI=1S/C19H16ClN3O3/c1-23-16(12-2-4-13(20)5-3-12)11-15(22-23)19(24)21-14-6-7-17-18(10-14)26-9-8-25-17/h2-7,10-11H,8-9H2,1H3,(H,21,24). The molecule has 2 aromatic carbocycles. The zero-order valence-electron chi connectivity index (χ0n) is 14.0. The van der Waals surface area contributed by atoms with Crippen molar-refractivity contribution < 1.29 is 14.3 Å². The Bertz CT molecular complexity index is 967. The largest absolute Gasteiger partial charge is 0.486 e. The summed E-state index contributed by atoms with van der Waals surface area (Å²) in [5.74, 6) is 1.01. The number of hydrogen-bond donors (Lipinski definition) is 1. The summed E-state index contributed by atoms with van der Waals surface area (Å²) < 4.78 is 12.7. The van der Waals surface area contributed by atoms with Crippen LogP contribution in [0.5, 0.6) is 11.5 Å².